The van der Waals surface area contributed by atoms with Gasteiger partial charge in [-0.1, -0.05) is 0 Å². The van der Waals surface area contributed by atoms with Gasteiger partial charge in [0, 0.05) is 37.0 Å². The van der Waals surface area contributed by atoms with Gasteiger partial charge in [-0.25, -0.2) is 4.98 Å². The Kier molecular flexibility index (Phi) is 7.57. The van der Waals surface area contributed by atoms with Crippen LogP contribution in [0.1, 0.15) is 52.7 Å². The summed E-state index contributed by atoms with van der Waals surface area (Å²) >= 11 is 0. The summed E-state index contributed by atoms with van der Waals surface area (Å²) in [4.78, 5) is 21.0. The van der Waals surface area contributed by atoms with Crippen LogP contribution in [0.25, 0.3) is 0 Å². The van der Waals surface area contributed by atoms with E-state index >= 15 is 0 Å². The Bertz CT molecular complexity index is 984. The standard InChI is InChI=1S/C22H25F6N5O/c1-12-10-31-20(33-18(12)29-2)32-17-5-3-13(4-6-17)11-30-19(34)14-7-15(21(23,24)25)9-16(8-14)22(26,27)28/h7-10,13,17H,3-6,11H2,1-2H3,(H,30,34)(H2,29,31,32,33). The van der Waals surface area contributed by atoms with Crippen molar-refractivity contribution in [2.24, 2.45) is 5.92 Å². The Balaban J connectivity index is 1.56. The number of aromatic nitrogens is 2. The highest BCUT2D eigenvalue weighted by Crippen LogP contribution is 2.36. The molecule has 1 aromatic heterocycles. The van der Waals surface area contributed by atoms with E-state index in [0.29, 0.717) is 18.1 Å². The van der Waals surface area contributed by atoms with Gasteiger partial charge in [0.05, 0.1) is 11.1 Å². The fourth-order valence-electron chi connectivity index (χ4n) is 3.88. The predicted molar refractivity (Wildman–Crippen MR) is 114 cm³/mol. The zero-order chi connectivity index (χ0) is 25.1. The molecule has 0 spiro atoms. The monoisotopic (exact) mass is 489 g/mol. The molecule has 1 heterocycles. The SMILES string of the molecule is CNc1nc(NC2CCC(CNC(=O)c3cc(C(F)(F)F)cc(C(F)(F)F)c3)CC2)ncc1C. The highest BCUT2D eigenvalue weighted by Gasteiger charge is 2.37. The molecule has 0 atom stereocenters. The number of nitrogens with zero attached hydrogens (tertiary/aromatic N) is 2. The summed E-state index contributed by atoms with van der Waals surface area (Å²) in [5.41, 5.74) is -2.79. The van der Waals surface area contributed by atoms with Crippen LogP contribution in [0.2, 0.25) is 0 Å². The number of aryl methyl sites for hydroxylation is 1. The van der Waals surface area contributed by atoms with Gasteiger partial charge in [-0.15, -0.1) is 0 Å². The van der Waals surface area contributed by atoms with Crippen molar-refractivity contribution in [3.05, 3.63) is 46.6 Å². The topological polar surface area (TPSA) is 78.9 Å². The maximum absolute atomic E-state index is 13.0. The molecule has 0 bridgehead atoms. The van der Waals surface area contributed by atoms with Crippen molar-refractivity contribution in [1.29, 1.82) is 0 Å². The molecule has 3 rings (SSSR count). The zero-order valence-corrected chi connectivity index (χ0v) is 18.6. The second kappa shape index (κ2) is 10.1. The van der Waals surface area contributed by atoms with Crippen molar-refractivity contribution < 1.29 is 31.1 Å². The molecule has 12 heteroatoms. The average molecular weight is 489 g/mol. The molecule has 0 radical (unpaired) electrons. The molecule has 2 aromatic rings. The number of anilines is 2. The minimum Gasteiger partial charge on any atom is -0.373 e. The first-order valence-corrected chi connectivity index (χ1v) is 10.7. The highest BCUT2D eigenvalue weighted by atomic mass is 19.4. The van der Waals surface area contributed by atoms with Crippen molar-refractivity contribution in [1.82, 2.24) is 15.3 Å². The lowest BCUT2D eigenvalue weighted by atomic mass is 9.86. The second-order valence-corrected chi connectivity index (χ2v) is 8.34. The highest BCUT2D eigenvalue weighted by molar-refractivity contribution is 5.94. The Hall–Kier alpha value is -3.05. The first-order valence-electron chi connectivity index (χ1n) is 10.7. The molecule has 34 heavy (non-hydrogen) atoms. The Morgan fingerprint density at radius 1 is 1.00 bits per heavy atom. The van der Waals surface area contributed by atoms with E-state index in [-0.39, 0.29) is 24.6 Å². The largest absolute Gasteiger partial charge is 0.416 e. The number of nitrogens with one attached hydrogen (secondary N) is 3. The van der Waals surface area contributed by atoms with Gasteiger partial charge in [-0.2, -0.15) is 31.3 Å². The van der Waals surface area contributed by atoms with Crippen LogP contribution in [0, 0.1) is 12.8 Å². The van der Waals surface area contributed by atoms with Gasteiger partial charge in [0.2, 0.25) is 5.95 Å². The number of alkyl halides is 6. The lowest BCUT2D eigenvalue weighted by molar-refractivity contribution is -0.143. The number of rotatable bonds is 6. The van der Waals surface area contributed by atoms with E-state index in [9.17, 15) is 31.1 Å². The van der Waals surface area contributed by atoms with Crippen LogP contribution >= 0.6 is 0 Å². The van der Waals surface area contributed by atoms with E-state index in [1.165, 1.54) is 0 Å². The van der Waals surface area contributed by atoms with Crippen molar-refractivity contribution in [2.45, 2.75) is 51.0 Å². The van der Waals surface area contributed by atoms with Gasteiger partial charge >= 0.3 is 12.4 Å². The van der Waals surface area contributed by atoms with Crippen molar-refractivity contribution in [3.63, 3.8) is 0 Å². The molecule has 6 nitrogen and oxygen atoms in total. The van der Waals surface area contributed by atoms with Crippen LogP contribution in [0.4, 0.5) is 38.1 Å². The number of carbonyl (C=O) groups is 1. The van der Waals surface area contributed by atoms with Crippen LogP contribution in [-0.4, -0.2) is 35.5 Å². The van der Waals surface area contributed by atoms with Crippen LogP contribution in [0.15, 0.2) is 24.4 Å². The number of benzene rings is 1. The molecule has 0 aliphatic heterocycles. The maximum Gasteiger partial charge on any atom is 0.416 e. The minimum absolute atomic E-state index is 0.00232. The third-order valence-corrected chi connectivity index (χ3v) is 5.79. The van der Waals surface area contributed by atoms with Crippen LogP contribution in [-0.2, 0) is 12.4 Å². The summed E-state index contributed by atoms with van der Waals surface area (Å²) < 4.78 is 78.1. The summed E-state index contributed by atoms with van der Waals surface area (Å²) in [7, 11) is 1.77. The van der Waals surface area contributed by atoms with Gasteiger partial charge < -0.3 is 16.0 Å². The van der Waals surface area contributed by atoms with E-state index < -0.39 is 35.0 Å². The van der Waals surface area contributed by atoms with Crippen molar-refractivity contribution in [3.8, 4) is 0 Å². The van der Waals surface area contributed by atoms with Gasteiger partial charge in [-0.05, 0) is 56.7 Å². The smallest absolute Gasteiger partial charge is 0.373 e. The fraction of sp³-hybridized carbons (Fsp3) is 0.500. The van der Waals surface area contributed by atoms with Crippen LogP contribution in [0.3, 0.4) is 0 Å². The van der Waals surface area contributed by atoms with Crippen molar-refractivity contribution in [2.75, 3.05) is 24.2 Å². The summed E-state index contributed by atoms with van der Waals surface area (Å²) in [6, 6.07) is 0.998. The van der Waals surface area contributed by atoms with E-state index in [4.69, 9.17) is 0 Å². The molecule has 1 amide bonds. The molecule has 1 aromatic carbocycles. The Labute approximate surface area is 192 Å². The molecule has 186 valence electrons. The third-order valence-electron chi connectivity index (χ3n) is 5.79. The van der Waals surface area contributed by atoms with Gasteiger partial charge in [0.1, 0.15) is 5.82 Å². The summed E-state index contributed by atoms with van der Waals surface area (Å²) in [6.45, 7) is 2.05. The molecule has 0 unspecified atom stereocenters. The maximum atomic E-state index is 13.0. The Morgan fingerprint density at radius 3 is 2.12 bits per heavy atom. The number of amides is 1. The van der Waals surface area contributed by atoms with Crippen molar-refractivity contribution >= 4 is 17.7 Å². The average Bonchev–Trinajstić information content (AvgIpc) is 2.78. The number of hydrogen-bond donors (Lipinski definition) is 3. The van der Waals surface area contributed by atoms with Crippen LogP contribution < -0.4 is 16.0 Å². The number of carbonyl (C=O) groups excluding carboxylic acids is 1. The normalized spacial score (nSPS) is 18.9. The first-order chi connectivity index (χ1) is 15.9. The quantitative estimate of drug-likeness (QED) is 0.482. The van der Waals surface area contributed by atoms with E-state index in [1.54, 1.807) is 13.2 Å². The molecule has 1 fully saturated rings. The fourth-order valence-corrected chi connectivity index (χ4v) is 3.88. The zero-order valence-electron chi connectivity index (χ0n) is 18.6. The van der Waals surface area contributed by atoms with E-state index in [0.717, 1.165) is 37.1 Å². The van der Waals surface area contributed by atoms with Gasteiger partial charge in [-0.3, -0.25) is 4.79 Å². The molecule has 1 aliphatic carbocycles. The lowest BCUT2D eigenvalue weighted by Crippen LogP contribution is -2.34. The summed E-state index contributed by atoms with van der Waals surface area (Å²) in [5, 5.41) is 8.74. The summed E-state index contributed by atoms with van der Waals surface area (Å²) in [5.74, 6) is 0.306. The van der Waals surface area contributed by atoms with Gasteiger partial charge in [0.15, 0.2) is 0 Å². The minimum atomic E-state index is -5.00. The molecule has 0 saturated heterocycles. The molecule has 1 saturated carbocycles. The van der Waals surface area contributed by atoms with E-state index in [1.807, 2.05) is 6.92 Å². The lowest BCUT2D eigenvalue weighted by Gasteiger charge is -2.29. The van der Waals surface area contributed by atoms with E-state index in [2.05, 4.69) is 25.9 Å². The third kappa shape index (κ3) is 6.51. The number of hydrogen-bond acceptors (Lipinski definition) is 5. The summed E-state index contributed by atoms with van der Waals surface area (Å²) in [6.07, 6.45) is -5.34. The molecular weight excluding hydrogens is 464 g/mol. The second-order valence-electron chi connectivity index (χ2n) is 8.34. The number of halogens is 6. The molecular formula is C22H25F6N5O. The Morgan fingerprint density at radius 2 is 1.59 bits per heavy atom. The molecule has 1 aliphatic rings. The first kappa shape index (κ1) is 25.6. The predicted octanol–water partition coefficient (Wildman–Crippen LogP) is 5.27. The van der Waals surface area contributed by atoms with Crippen LogP contribution in [0.5, 0.6) is 0 Å². The molecule has 3 N–H and O–H groups in total. The van der Waals surface area contributed by atoms with Gasteiger partial charge in [0.25, 0.3) is 5.91 Å².